The number of halogens is 1. The zero-order valence-electron chi connectivity index (χ0n) is 15.8. The van der Waals surface area contributed by atoms with Gasteiger partial charge in [-0.05, 0) is 64.7 Å². The summed E-state index contributed by atoms with van der Waals surface area (Å²) in [5.74, 6) is 1.16. The van der Waals surface area contributed by atoms with Gasteiger partial charge in [-0.15, -0.1) is 0 Å². The maximum atomic E-state index is 12.4. The van der Waals surface area contributed by atoms with Crippen molar-refractivity contribution in [2.75, 3.05) is 13.7 Å². The second-order valence-electron chi connectivity index (χ2n) is 6.18. The Morgan fingerprint density at radius 2 is 2.04 bits per heavy atom. The van der Waals surface area contributed by atoms with Gasteiger partial charge in [-0.2, -0.15) is 0 Å². The Kier molecular flexibility index (Phi) is 6.80. The van der Waals surface area contributed by atoms with Crippen LogP contribution >= 0.6 is 39.9 Å². The Balaban J connectivity index is 1.86. The van der Waals surface area contributed by atoms with Gasteiger partial charge in [0.2, 0.25) is 0 Å². The Morgan fingerprint density at radius 3 is 2.68 bits per heavy atom. The highest BCUT2D eigenvalue weighted by Gasteiger charge is 2.30. The topological polar surface area (TPSA) is 38.8 Å². The number of aryl methyl sites for hydroxylation is 1. The Hall–Kier alpha value is -1.83. The van der Waals surface area contributed by atoms with Gasteiger partial charge in [0.15, 0.2) is 11.5 Å². The van der Waals surface area contributed by atoms with Gasteiger partial charge in [0.25, 0.3) is 5.91 Å². The smallest absolute Gasteiger partial charge is 0.266 e. The quantitative estimate of drug-likeness (QED) is 0.401. The van der Waals surface area contributed by atoms with E-state index in [0.29, 0.717) is 33.9 Å². The Labute approximate surface area is 183 Å². The number of likely N-dealkylation sites (N-methyl/N-ethyl adjacent to an activating group) is 1. The van der Waals surface area contributed by atoms with E-state index in [2.05, 4.69) is 28.9 Å². The molecule has 7 heteroatoms. The van der Waals surface area contributed by atoms with Crippen LogP contribution in [0.25, 0.3) is 6.08 Å². The molecule has 1 amide bonds. The van der Waals surface area contributed by atoms with Gasteiger partial charge in [0, 0.05) is 6.54 Å². The van der Waals surface area contributed by atoms with E-state index in [1.165, 1.54) is 17.3 Å². The number of carbonyl (C=O) groups excluding carboxylic acids is 1. The molecule has 1 aliphatic rings. The molecule has 0 spiro atoms. The first-order valence-electron chi connectivity index (χ1n) is 8.74. The van der Waals surface area contributed by atoms with Gasteiger partial charge in [0.1, 0.15) is 10.9 Å². The number of amides is 1. The van der Waals surface area contributed by atoms with E-state index >= 15 is 0 Å². The molecule has 0 N–H and O–H groups in total. The fourth-order valence-electron chi connectivity index (χ4n) is 2.81. The first kappa shape index (κ1) is 20.9. The van der Waals surface area contributed by atoms with Crippen molar-refractivity contribution < 1.29 is 14.3 Å². The highest BCUT2D eigenvalue weighted by atomic mass is 79.9. The molecule has 0 radical (unpaired) electrons. The maximum absolute atomic E-state index is 12.4. The summed E-state index contributed by atoms with van der Waals surface area (Å²) in [5, 5.41) is 0. The molecular weight excluding hydrogens is 458 g/mol. The van der Waals surface area contributed by atoms with Crippen molar-refractivity contribution >= 4 is 56.2 Å². The fraction of sp³-hybridized carbons (Fsp3) is 0.238. The molecule has 4 nitrogen and oxygen atoms in total. The van der Waals surface area contributed by atoms with Gasteiger partial charge in [-0.3, -0.25) is 9.69 Å². The summed E-state index contributed by atoms with van der Waals surface area (Å²) in [4.78, 5) is 14.6. The molecule has 3 rings (SSSR count). The number of ether oxygens (including phenoxy) is 2. The zero-order valence-corrected chi connectivity index (χ0v) is 19.0. The van der Waals surface area contributed by atoms with Crippen LogP contribution in [0.1, 0.15) is 23.6 Å². The van der Waals surface area contributed by atoms with Gasteiger partial charge in [-0.1, -0.05) is 48.2 Å². The number of hydrogen-bond donors (Lipinski definition) is 0. The van der Waals surface area contributed by atoms with Crippen LogP contribution in [0, 0.1) is 6.92 Å². The highest BCUT2D eigenvalue weighted by molar-refractivity contribution is 9.10. The van der Waals surface area contributed by atoms with Crippen LogP contribution in [0.2, 0.25) is 0 Å². The van der Waals surface area contributed by atoms with Crippen molar-refractivity contribution in [3.05, 3.63) is 62.5 Å². The lowest BCUT2D eigenvalue weighted by atomic mass is 10.1. The lowest BCUT2D eigenvalue weighted by Crippen LogP contribution is -2.27. The molecule has 1 saturated heterocycles. The summed E-state index contributed by atoms with van der Waals surface area (Å²) in [5.41, 5.74) is 3.12. The number of methoxy groups -OCH3 is 1. The minimum Gasteiger partial charge on any atom is -0.493 e. The summed E-state index contributed by atoms with van der Waals surface area (Å²) in [7, 11) is 1.60. The molecule has 0 aromatic heterocycles. The molecule has 2 aromatic carbocycles. The van der Waals surface area contributed by atoms with Crippen molar-refractivity contribution in [2.24, 2.45) is 0 Å². The van der Waals surface area contributed by atoms with Gasteiger partial charge >= 0.3 is 0 Å². The number of thiocarbonyl (C=S) groups is 1. The lowest BCUT2D eigenvalue weighted by Gasteiger charge is -2.14. The largest absolute Gasteiger partial charge is 0.493 e. The Morgan fingerprint density at radius 1 is 1.29 bits per heavy atom. The van der Waals surface area contributed by atoms with Gasteiger partial charge in [-0.25, -0.2) is 0 Å². The summed E-state index contributed by atoms with van der Waals surface area (Å²) in [6.07, 6.45) is 1.83. The molecular formula is C21H20BrNO3S2. The first-order chi connectivity index (χ1) is 13.4. The van der Waals surface area contributed by atoms with E-state index in [9.17, 15) is 4.79 Å². The van der Waals surface area contributed by atoms with Crippen LogP contribution in [0.3, 0.4) is 0 Å². The van der Waals surface area contributed by atoms with E-state index in [1.807, 2.05) is 43.3 Å². The third-order valence-electron chi connectivity index (χ3n) is 4.37. The molecule has 0 unspecified atom stereocenters. The number of rotatable bonds is 6. The summed E-state index contributed by atoms with van der Waals surface area (Å²) >= 11 is 10.2. The van der Waals surface area contributed by atoms with Crippen LogP contribution in [-0.4, -0.2) is 28.8 Å². The van der Waals surface area contributed by atoms with E-state index in [4.69, 9.17) is 21.7 Å². The molecule has 1 aliphatic heterocycles. The molecule has 0 atom stereocenters. The first-order valence-corrected chi connectivity index (χ1v) is 10.8. The van der Waals surface area contributed by atoms with Crippen molar-refractivity contribution in [3.63, 3.8) is 0 Å². The Bertz CT molecular complexity index is 959. The van der Waals surface area contributed by atoms with E-state index in [-0.39, 0.29) is 5.91 Å². The maximum Gasteiger partial charge on any atom is 0.266 e. The van der Waals surface area contributed by atoms with Gasteiger partial charge < -0.3 is 9.47 Å². The van der Waals surface area contributed by atoms with E-state index < -0.39 is 0 Å². The predicted molar refractivity (Wildman–Crippen MR) is 122 cm³/mol. The second kappa shape index (κ2) is 9.11. The third-order valence-corrected chi connectivity index (χ3v) is 6.34. The van der Waals surface area contributed by atoms with E-state index in [1.54, 1.807) is 12.0 Å². The van der Waals surface area contributed by atoms with Crippen molar-refractivity contribution in [2.45, 2.75) is 20.5 Å². The molecule has 2 aromatic rings. The molecule has 28 heavy (non-hydrogen) atoms. The van der Waals surface area contributed by atoms with Crippen LogP contribution in [0.15, 0.2) is 45.8 Å². The van der Waals surface area contributed by atoms with Crippen molar-refractivity contribution in [1.29, 1.82) is 0 Å². The van der Waals surface area contributed by atoms with Crippen molar-refractivity contribution in [3.8, 4) is 11.5 Å². The standard InChI is InChI=1S/C21H20BrNO3S2/c1-4-23-20(24)18(28-21(23)27)11-14-9-16(22)19(17(10-14)25-3)26-12-15-8-6-5-7-13(15)2/h5-11H,4,12H2,1-3H3/b18-11-. The van der Waals surface area contributed by atoms with Crippen molar-refractivity contribution in [1.82, 2.24) is 4.90 Å². The van der Waals surface area contributed by atoms with Crippen LogP contribution in [0.5, 0.6) is 11.5 Å². The minimum absolute atomic E-state index is 0.0625. The number of benzene rings is 2. The second-order valence-corrected chi connectivity index (χ2v) is 8.71. The number of nitrogens with zero attached hydrogens (tertiary/aromatic N) is 1. The SMILES string of the molecule is CCN1C(=O)/C(=C/c2cc(Br)c(OCc3ccccc3C)c(OC)c2)SC1=S. The average molecular weight is 478 g/mol. The molecule has 0 aliphatic carbocycles. The van der Waals surface area contributed by atoms with Crippen LogP contribution in [0.4, 0.5) is 0 Å². The summed E-state index contributed by atoms with van der Waals surface area (Å²) in [6, 6.07) is 11.9. The number of thioether (sulfide) groups is 1. The minimum atomic E-state index is -0.0625. The molecule has 1 heterocycles. The van der Waals surface area contributed by atoms with E-state index in [0.717, 1.165) is 15.6 Å². The van der Waals surface area contributed by atoms with Gasteiger partial charge in [0.05, 0.1) is 16.5 Å². The number of hydrogen-bond acceptors (Lipinski definition) is 5. The lowest BCUT2D eigenvalue weighted by molar-refractivity contribution is -0.121. The molecule has 1 fully saturated rings. The summed E-state index contributed by atoms with van der Waals surface area (Å²) < 4.78 is 12.9. The normalized spacial score (nSPS) is 15.4. The zero-order chi connectivity index (χ0) is 20.3. The predicted octanol–water partition coefficient (Wildman–Crippen LogP) is 5.57. The molecule has 0 saturated carbocycles. The fourth-order valence-corrected chi connectivity index (χ4v) is 4.77. The average Bonchev–Trinajstić information content (AvgIpc) is 2.94. The van der Waals surface area contributed by atoms with Crippen LogP contribution < -0.4 is 9.47 Å². The monoisotopic (exact) mass is 477 g/mol. The number of carbonyl (C=O) groups is 1. The third kappa shape index (κ3) is 4.42. The highest BCUT2D eigenvalue weighted by Crippen LogP contribution is 2.39. The van der Waals surface area contributed by atoms with Crippen LogP contribution in [-0.2, 0) is 11.4 Å². The summed E-state index contributed by atoms with van der Waals surface area (Å²) in [6.45, 7) is 4.98. The molecule has 146 valence electrons. The molecule has 0 bridgehead atoms.